The number of rotatable bonds is 8. The van der Waals surface area contributed by atoms with Gasteiger partial charge in [0, 0.05) is 6.54 Å². The Morgan fingerprint density at radius 3 is 3.00 bits per heavy atom. The lowest BCUT2D eigenvalue weighted by molar-refractivity contribution is -0.118. The van der Waals surface area contributed by atoms with E-state index in [2.05, 4.69) is 20.8 Å². The first-order valence-corrected chi connectivity index (χ1v) is 10.0. The third-order valence-electron chi connectivity index (χ3n) is 4.09. The van der Waals surface area contributed by atoms with E-state index in [0.717, 1.165) is 17.0 Å². The van der Waals surface area contributed by atoms with Gasteiger partial charge in [-0.15, -0.1) is 5.10 Å². The van der Waals surface area contributed by atoms with Gasteiger partial charge in [-0.25, -0.2) is 0 Å². The lowest BCUT2D eigenvalue weighted by Gasteiger charge is -2.10. The van der Waals surface area contributed by atoms with Crippen molar-refractivity contribution in [1.29, 1.82) is 0 Å². The van der Waals surface area contributed by atoms with E-state index in [-0.39, 0.29) is 18.5 Å². The number of ether oxygens (including phenoxy) is 3. The van der Waals surface area contributed by atoms with Gasteiger partial charge in [0.05, 0.1) is 12.4 Å². The Bertz CT molecular complexity index is 1010. The van der Waals surface area contributed by atoms with Gasteiger partial charge in [0.25, 0.3) is 0 Å². The van der Waals surface area contributed by atoms with E-state index in [1.54, 1.807) is 4.68 Å². The maximum atomic E-state index is 12.3. The minimum Gasteiger partial charge on any atom is -0.492 e. The second-order valence-corrected chi connectivity index (χ2v) is 6.97. The summed E-state index contributed by atoms with van der Waals surface area (Å²) in [6.45, 7) is 3.07. The third-order valence-corrected chi connectivity index (χ3v) is 5.01. The highest BCUT2D eigenvalue weighted by Gasteiger charge is 2.16. The Morgan fingerprint density at radius 2 is 2.10 bits per heavy atom. The highest BCUT2D eigenvalue weighted by Crippen LogP contribution is 2.32. The van der Waals surface area contributed by atoms with Crippen LogP contribution in [-0.4, -0.2) is 45.3 Å². The highest BCUT2D eigenvalue weighted by atomic mass is 32.2. The summed E-state index contributed by atoms with van der Waals surface area (Å²) in [6.07, 6.45) is 0. The van der Waals surface area contributed by atoms with E-state index < -0.39 is 0 Å². The largest absolute Gasteiger partial charge is 0.492 e. The van der Waals surface area contributed by atoms with Gasteiger partial charge < -0.3 is 19.5 Å². The molecule has 3 aromatic rings. The number of nitrogens with zero attached hydrogens (tertiary/aromatic N) is 4. The SMILES string of the molecule is CCOc1ccccc1-n1nnnc1SCC(=O)NCc1ccc2c(c1)OCO2. The zero-order valence-electron chi connectivity index (χ0n) is 15.7. The van der Waals surface area contributed by atoms with Crippen molar-refractivity contribution in [1.82, 2.24) is 25.5 Å². The van der Waals surface area contributed by atoms with Crippen LogP contribution in [0.25, 0.3) is 5.69 Å². The Hall–Kier alpha value is -3.27. The summed E-state index contributed by atoms with van der Waals surface area (Å²) in [5.74, 6) is 2.15. The number of hydrogen-bond acceptors (Lipinski definition) is 8. The van der Waals surface area contributed by atoms with Crippen molar-refractivity contribution in [3.63, 3.8) is 0 Å². The smallest absolute Gasteiger partial charge is 0.231 e. The van der Waals surface area contributed by atoms with Crippen molar-refractivity contribution in [3.05, 3.63) is 48.0 Å². The minimum atomic E-state index is -0.125. The van der Waals surface area contributed by atoms with Gasteiger partial charge in [0.1, 0.15) is 11.4 Å². The van der Waals surface area contributed by atoms with Gasteiger partial charge in [0.2, 0.25) is 17.9 Å². The van der Waals surface area contributed by atoms with Crippen LogP contribution in [0, 0.1) is 0 Å². The fourth-order valence-electron chi connectivity index (χ4n) is 2.76. The van der Waals surface area contributed by atoms with Crippen LogP contribution in [-0.2, 0) is 11.3 Å². The first-order valence-electron chi connectivity index (χ1n) is 9.03. The number of carbonyl (C=O) groups is 1. The monoisotopic (exact) mass is 413 g/mol. The lowest BCUT2D eigenvalue weighted by Crippen LogP contribution is -2.24. The van der Waals surface area contributed by atoms with Crippen LogP contribution < -0.4 is 19.5 Å². The van der Waals surface area contributed by atoms with Gasteiger partial charge in [-0.2, -0.15) is 4.68 Å². The molecular formula is C19H19N5O4S. The Morgan fingerprint density at radius 1 is 1.24 bits per heavy atom. The molecule has 0 spiro atoms. The zero-order chi connectivity index (χ0) is 20.1. The van der Waals surface area contributed by atoms with Gasteiger partial charge in [-0.3, -0.25) is 4.79 Å². The van der Waals surface area contributed by atoms with Crippen molar-refractivity contribution in [2.24, 2.45) is 0 Å². The van der Waals surface area contributed by atoms with Crippen molar-refractivity contribution < 1.29 is 19.0 Å². The lowest BCUT2D eigenvalue weighted by atomic mass is 10.2. The number of tetrazole rings is 1. The van der Waals surface area contributed by atoms with Crippen molar-refractivity contribution in [3.8, 4) is 22.9 Å². The van der Waals surface area contributed by atoms with E-state index in [9.17, 15) is 4.79 Å². The van der Waals surface area contributed by atoms with E-state index >= 15 is 0 Å². The number of amides is 1. The second-order valence-electron chi connectivity index (χ2n) is 6.03. The third kappa shape index (κ3) is 4.43. The number of thioether (sulfide) groups is 1. The molecule has 0 fully saturated rings. The first kappa shape index (κ1) is 19.1. The van der Waals surface area contributed by atoms with Crippen LogP contribution in [0.5, 0.6) is 17.2 Å². The molecule has 0 saturated carbocycles. The number of aromatic nitrogens is 4. The minimum absolute atomic E-state index is 0.125. The predicted octanol–water partition coefficient (Wildman–Crippen LogP) is 2.20. The van der Waals surface area contributed by atoms with Gasteiger partial charge in [0.15, 0.2) is 11.5 Å². The topological polar surface area (TPSA) is 100 Å². The molecule has 0 saturated heterocycles. The summed E-state index contributed by atoms with van der Waals surface area (Å²) < 4.78 is 17.8. The Balaban J connectivity index is 1.35. The fraction of sp³-hybridized carbons (Fsp3) is 0.263. The summed E-state index contributed by atoms with van der Waals surface area (Å²) >= 11 is 1.25. The summed E-state index contributed by atoms with van der Waals surface area (Å²) in [5, 5.41) is 15.2. The molecule has 1 aliphatic rings. The highest BCUT2D eigenvalue weighted by molar-refractivity contribution is 7.99. The molecule has 2 heterocycles. The van der Waals surface area contributed by atoms with Crippen molar-refractivity contribution >= 4 is 17.7 Å². The summed E-state index contributed by atoms with van der Waals surface area (Å²) in [5.41, 5.74) is 1.66. The van der Waals surface area contributed by atoms with Crippen LogP contribution in [0.4, 0.5) is 0 Å². The Labute approximate surface area is 171 Å². The van der Waals surface area contributed by atoms with E-state index in [4.69, 9.17) is 14.2 Å². The molecule has 1 aromatic heterocycles. The number of fused-ring (bicyclic) bond motifs is 1. The first-order chi connectivity index (χ1) is 14.2. The molecule has 0 atom stereocenters. The molecule has 1 aliphatic heterocycles. The molecule has 150 valence electrons. The molecule has 0 radical (unpaired) electrons. The standard InChI is InChI=1S/C19H19N5O4S/c1-2-26-15-6-4-3-5-14(15)24-19(21-22-23-24)29-11-18(25)20-10-13-7-8-16-17(9-13)28-12-27-16/h3-9H,2,10-12H2,1H3,(H,20,25). The van der Waals surface area contributed by atoms with Crippen LogP contribution in [0.2, 0.25) is 0 Å². The van der Waals surface area contributed by atoms with Gasteiger partial charge in [-0.05, 0) is 47.2 Å². The molecule has 10 heteroatoms. The molecule has 4 rings (SSSR count). The van der Waals surface area contributed by atoms with Gasteiger partial charge in [-0.1, -0.05) is 30.0 Å². The fourth-order valence-corrected chi connectivity index (χ4v) is 3.48. The van der Waals surface area contributed by atoms with Crippen LogP contribution in [0.15, 0.2) is 47.6 Å². The molecule has 1 amide bonds. The molecule has 1 N–H and O–H groups in total. The number of hydrogen-bond donors (Lipinski definition) is 1. The summed E-state index contributed by atoms with van der Waals surface area (Å²) in [6, 6.07) is 13.1. The maximum absolute atomic E-state index is 12.3. The number of para-hydroxylation sites is 2. The predicted molar refractivity (Wildman–Crippen MR) is 105 cm³/mol. The second kappa shape index (κ2) is 8.82. The molecular weight excluding hydrogens is 394 g/mol. The van der Waals surface area contributed by atoms with Gasteiger partial charge >= 0.3 is 0 Å². The molecule has 29 heavy (non-hydrogen) atoms. The summed E-state index contributed by atoms with van der Waals surface area (Å²) in [7, 11) is 0. The van der Waals surface area contributed by atoms with Crippen LogP contribution in [0.3, 0.4) is 0 Å². The van der Waals surface area contributed by atoms with E-state index in [1.165, 1.54) is 11.8 Å². The molecule has 9 nitrogen and oxygen atoms in total. The molecule has 0 bridgehead atoms. The average Bonchev–Trinajstić information content (AvgIpc) is 3.40. The zero-order valence-corrected chi connectivity index (χ0v) is 16.5. The molecule has 0 unspecified atom stereocenters. The van der Waals surface area contributed by atoms with Crippen LogP contribution >= 0.6 is 11.8 Å². The quantitative estimate of drug-likeness (QED) is 0.561. The normalized spacial score (nSPS) is 12.0. The summed E-state index contributed by atoms with van der Waals surface area (Å²) in [4.78, 5) is 12.3. The molecule has 2 aromatic carbocycles. The number of carbonyl (C=O) groups excluding carboxylic acids is 1. The van der Waals surface area contributed by atoms with Crippen molar-refractivity contribution in [2.75, 3.05) is 19.2 Å². The number of nitrogens with one attached hydrogen (secondary N) is 1. The number of benzene rings is 2. The average molecular weight is 413 g/mol. The van der Waals surface area contributed by atoms with Crippen LogP contribution in [0.1, 0.15) is 12.5 Å². The van der Waals surface area contributed by atoms with Crippen molar-refractivity contribution in [2.45, 2.75) is 18.6 Å². The van der Waals surface area contributed by atoms with E-state index in [1.807, 2.05) is 49.4 Å². The molecule has 0 aliphatic carbocycles. The Kier molecular flexibility index (Phi) is 5.80. The maximum Gasteiger partial charge on any atom is 0.231 e. The van der Waals surface area contributed by atoms with E-state index in [0.29, 0.717) is 29.8 Å².